The zero-order valence-corrected chi connectivity index (χ0v) is 8.82. The first-order valence-electron chi connectivity index (χ1n) is 4.42. The molecule has 0 aliphatic carbocycles. The van der Waals surface area contributed by atoms with Gasteiger partial charge in [-0.15, -0.1) is 0 Å². The fourth-order valence-corrected chi connectivity index (χ4v) is 1.80. The van der Waals surface area contributed by atoms with E-state index in [1.807, 2.05) is 18.2 Å². The maximum atomic E-state index is 10.6. The van der Waals surface area contributed by atoms with Crippen LogP contribution < -0.4 is 0 Å². The molecule has 2 rings (SSSR count). The number of oxazole rings is 1. The second-order valence-electron chi connectivity index (χ2n) is 3.05. The summed E-state index contributed by atoms with van der Waals surface area (Å²) < 4.78 is 5.38. The van der Waals surface area contributed by atoms with Crippen molar-refractivity contribution in [2.75, 3.05) is 0 Å². The van der Waals surface area contributed by atoms with Crippen LogP contribution in [0.3, 0.4) is 0 Å². The number of thioether (sulfide) groups is 1. The molecule has 0 aliphatic heterocycles. The fraction of sp³-hybridized carbons (Fsp3) is 0.200. The summed E-state index contributed by atoms with van der Waals surface area (Å²) in [6.45, 7) is 1.60. The number of para-hydroxylation sites is 2. The van der Waals surface area contributed by atoms with Gasteiger partial charge in [0, 0.05) is 0 Å². The highest BCUT2D eigenvalue weighted by atomic mass is 32.2. The van der Waals surface area contributed by atoms with E-state index in [-0.39, 0.29) is 0 Å². The number of fused-ring (bicyclic) bond motifs is 1. The molecule has 0 radical (unpaired) electrons. The predicted octanol–water partition coefficient (Wildman–Crippen LogP) is 2.39. The van der Waals surface area contributed by atoms with Crippen molar-refractivity contribution in [2.24, 2.45) is 0 Å². The average molecular weight is 223 g/mol. The van der Waals surface area contributed by atoms with E-state index < -0.39 is 11.2 Å². The lowest BCUT2D eigenvalue weighted by Gasteiger charge is -1.99. The number of hydrogen-bond acceptors (Lipinski definition) is 4. The molecule has 0 amide bonds. The Bertz CT molecular complexity index is 461. The van der Waals surface area contributed by atoms with E-state index >= 15 is 0 Å². The molecule has 0 spiro atoms. The summed E-state index contributed by atoms with van der Waals surface area (Å²) >= 11 is 1.10. The molecule has 78 valence electrons. The number of aliphatic carboxylic acids is 1. The lowest BCUT2D eigenvalue weighted by atomic mass is 10.3. The molecule has 0 aliphatic rings. The number of hydrogen-bond donors (Lipinski definition) is 1. The molecule has 1 atom stereocenters. The first-order valence-corrected chi connectivity index (χ1v) is 5.30. The molecular weight excluding hydrogens is 214 g/mol. The lowest BCUT2D eigenvalue weighted by molar-refractivity contribution is -0.136. The Kier molecular flexibility index (Phi) is 2.64. The third-order valence-electron chi connectivity index (χ3n) is 1.90. The van der Waals surface area contributed by atoms with Gasteiger partial charge in [0.15, 0.2) is 5.58 Å². The fourth-order valence-electron chi connectivity index (χ4n) is 1.10. The van der Waals surface area contributed by atoms with Gasteiger partial charge in [-0.25, -0.2) is 4.98 Å². The highest BCUT2D eigenvalue weighted by Gasteiger charge is 2.16. The molecule has 15 heavy (non-hydrogen) atoms. The Balaban J connectivity index is 2.26. The smallest absolute Gasteiger partial charge is 0.316 e. The monoisotopic (exact) mass is 223 g/mol. The summed E-state index contributed by atoms with van der Waals surface area (Å²) in [5.41, 5.74) is 1.43. The number of rotatable bonds is 3. The van der Waals surface area contributed by atoms with Crippen molar-refractivity contribution in [3.05, 3.63) is 24.3 Å². The second kappa shape index (κ2) is 3.94. The van der Waals surface area contributed by atoms with E-state index in [9.17, 15) is 4.79 Å². The summed E-state index contributed by atoms with van der Waals surface area (Å²) in [6, 6.07) is 7.34. The maximum absolute atomic E-state index is 10.6. The highest BCUT2D eigenvalue weighted by Crippen LogP contribution is 2.26. The zero-order chi connectivity index (χ0) is 10.8. The molecular formula is C10H9NO3S. The van der Waals surface area contributed by atoms with Gasteiger partial charge in [0.2, 0.25) is 0 Å². The number of carboxylic acid groups (broad SMARTS) is 1. The molecule has 0 saturated carbocycles. The van der Waals surface area contributed by atoms with Crippen LogP contribution in [0.4, 0.5) is 0 Å². The van der Waals surface area contributed by atoms with Crippen LogP contribution in [0.15, 0.2) is 33.9 Å². The van der Waals surface area contributed by atoms with Crippen LogP contribution in [0.1, 0.15) is 6.92 Å². The van der Waals surface area contributed by atoms with E-state index in [0.717, 1.165) is 17.3 Å². The minimum atomic E-state index is -0.873. The van der Waals surface area contributed by atoms with E-state index in [1.165, 1.54) is 0 Å². The van der Waals surface area contributed by atoms with Crippen molar-refractivity contribution < 1.29 is 14.3 Å². The molecule has 1 heterocycles. The minimum absolute atomic E-state index is 0.395. The quantitative estimate of drug-likeness (QED) is 0.809. The Morgan fingerprint density at radius 3 is 2.93 bits per heavy atom. The Morgan fingerprint density at radius 2 is 2.27 bits per heavy atom. The van der Waals surface area contributed by atoms with Crippen LogP contribution in [0.5, 0.6) is 0 Å². The van der Waals surface area contributed by atoms with Crippen molar-refractivity contribution in [1.29, 1.82) is 0 Å². The van der Waals surface area contributed by atoms with Crippen molar-refractivity contribution in [2.45, 2.75) is 17.4 Å². The molecule has 0 bridgehead atoms. The van der Waals surface area contributed by atoms with Crippen LogP contribution in [-0.4, -0.2) is 21.3 Å². The van der Waals surface area contributed by atoms with Gasteiger partial charge in [-0.3, -0.25) is 4.79 Å². The first kappa shape index (κ1) is 10.0. The van der Waals surface area contributed by atoms with Gasteiger partial charge in [-0.05, 0) is 19.1 Å². The lowest BCUT2D eigenvalue weighted by Crippen LogP contribution is -2.10. The van der Waals surface area contributed by atoms with E-state index in [0.29, 0.717) is 10.8 Å². The predicted molar refractivity (Wildman–Crippen MR) is 57.0 cm³/mol. The number of benzene rings is 1. The third kappa shape index (κ3) is 2.12. The van der Waals surface area contributed by atoms with E-state index in [2.05, 4.69) is 4.98 Å². The zero-order valence-electron chi connectivity index (χ0n) is 8.01. The van der Waals surface area contributed by atoms with Gasteiger partial charge in [0.05, 0.1) is 0 Å². The summed E-state index contributed by atoms with van der Waals surface area (Å²) in [5.74, 6) is -0.873. The summed E-state index contributed by atoms with van der Waals surface area (Å²) in [4.78, 5) is 14.8. The Morgan fingerprint density at radius 1 is 1.53 bits per heavy atom. The van der Waals surface area contributed by atoms with Crippen LogP contribution in [0.2, 0.25) is 0 Å². The number of aromatic nitrogens is 1. The van der Waals surface area contributed by atoms with E-state index in [1.54, 1.807) is 13.0 Å². The second-order valence-corrected chi connectivity index (χ2v) is 4.34. The van der Waals surface area contributed by atoms with Gasteiger partial charge in [-0.2, -0.15) is 0 Å². The Hall–Kier alpha value is -1.49. The summed E-state index contributed by atoms with van der Waals surface area (Å²) in [7, 11) is 0. The van der Waals surface area contributed by atoms with Crippen molar-refractivity contribution in [3.63, 3.8) is 0 Å². The van der Waals surface area contributed by atoms with Gasteiger partial charge >= 0.3 is 5.97 Å². The molecule has 2 aromatic rings. The molecule has 1 N–H and O–H groups in total. The molecule has 0 unspecified atom stereocenters. The van der Waals surface area contributed by atoms with Crippen LogP contribution in [-0.2, 0) is 4.79 Å². The standard InChI is InChI=1S/C10H9NO3S/c1-6(9(12)13)15-10-11-7-4-2-3-5-8(7)14-10/h2-6H,1H3,(H,12,13)/t6-/m1/s1. The molecule has 0 saturated heterocycles. The van der Waals surface area contributed by atoms with Gasteiger partial charge < -0.3 is 9.52 Å². The normalized spacial score (nSPS) is 12.9. The van der Waals surface area contributed by atoms with Gasteiger partial charge in [-0.1, -0.05) is 23.9 Å². The Labute approximate surface area is 90.3 Å². The van der Waals surface area contributed by atoms with Crippen molar-refractivity contribution >= 4 is 28.8 Å². The highest BCUT2D eigenvalue weighted by molar-refractivity contribution is 8.00. The number of carbonyl (C=O) groups is 1. The average Bonchev–Trinajstić information content (AvgIpc) is 2.59. The van der Waals surface area contributed by atoms with Gasteiger partial charge in [0.25, 0.3) is 5.22 Å². The van der Waals surface area contributed by atoms with Crippen molar-refractivity contribution in [1.82, 2.24) is 4.98 Å². The number of carboxylic acids is 1. The summed E-state index contributed by atoms with van der Waals surface area (Å²) in [5, 5.41) is 8.57. The van der Waals surface area contributed by atoms with Crippen LogP contribution in [0.25, 0.3) is 11.1 Å². The van der Waals surface area contributed by atoms with Gasteiger partial charge in [0.1, 0.15) is 10.8 Å². The van der Waals surface area contributed by atoms with Crippen LogP contribution >= 0.6 is 11.8 Å². The SMILES string of the molecule is C[C@@H](Sc1nc2ccccc2o1)C(=O)O. The summed E-state index contributed by atoms with van der Waals surface area (Å²) in [6.07, 6.45) is 0. The third-order valence-corrected chi connectivity index (χ3v) is 2.83. The van der Waals surface area contributed by atoms with E-state index in [4.69, 9.17) is 9.52 Å². The minimum Gasteiger partial charge on any atom is -0.480 e. The maximum Gasteiger partial charge on any atom is 0.316 e. The first-order chi connectivity index (χ1) is 7.16. The molecule has 5 heteroatoms. The molecule has 1 aromatic carbocycles. The largest absolute Gasteiger partial charge is 0.480 e. The topological polar surface area (TPSA) is 63.3 Å². The molecule has 0 fully saturated rings. The van der Waals surface area contributed by atoms with Crippen LogP contribution in [0, 0.1) is 0 Å². The number of nitrogens with zero attached hydrogens (tertiary/aromatic N) is 1. The van der Waals surface area contributed by atoms with Crippen molar-refractivity contribution in [3.8, 4) is 0 Å². The molecule has 4 nitrogen and oxygen atoms in total. The molecule has 1 aromatic heterocycles.